The van der Waals surface area contributed by atoms with Crippen LogP contribution in [0.4, 0.5) is 0 Å². The highest BCUT2D eigenvalue weighted by Gasteiger charge is 2.24. The number of rotatable bonds is 6. The standard InChI is InChI=1S/C11H21NO3S/c1-15-6-7-16-8-11(14)12-9-4-2-3-5-10(9)13/h9-10,13H,2-8H2,1H3,(H,12,14)/t9-,10-/m1/s1. The number of ether oxygens (including phenoxy) is 1. The third kappa shape index (κ3) is 5.18. The van der Waals surface area contributed by atoms with Crippen LogP contribution in [0.3, 0.4) is 0 Å². The van der Waals surface area contributed by atoms with Crippen LogP contribution in [-0.2, 0) is 9.53 Å². The third-order valence-electron chi connectivity index (χ3n) is 2.74. The Labute approximate surface area is 101 Å². The summed E-state index contributed by atoms with van der Waals surface area (Å²) in [5.41, 5.74) is 0. The van der Waals surface area contributed by atoms with Gasteiger partial charge in [-0.2, -0.15) is 0 Å². The highest BCUT2D eigenvalue weighted by atomic mass is 32.2. The maximum Gasteiger partial charge on any atom is 0.230 e. The van der Waals surface area contributed by atoms with Crippen LogP contribution in [0.1, 0.15) is 25.7 Å². The SMILES string of the molecule is COCCSCC(=O)N[C@@H]1CCCC[C@H]1O. The smallest absolute Gasteiger partial charge is 0.230 e. The van der Waals surface area contributed by atoms with E-state index in [2.05, 4.69) is 5.32 Å². The summed E-state index contributed by atoms with van der Waals surface area (Å²) in [4.78, 5) is 11.5. The first-order valence-corrected chi connectivity index (χ1v) is 6.93. The van der Waals surface area contributed by atoms with E-state index in [-0.39, 0.29) is 18.1 Å². The number of carbonyl (C=O) groups is 1. The molecular weight excluding hydrogens is 226 g/mol. The van der Waals surface area contributed by atoms with Crippen molar-refractivity contribution in [3.8, 4) is 0 Å². The molecule has 1 aliphatic rings. The number of carbonyl (C=O) groups excluding carboxylic acids is 1. The Morgan fingerprint density at radius 1 is 1.50 bits per heavy atom. The maximum absolute atomic E-state index is 11.5. The summed E-state index contributed by atoms with van der Waals surface area (Å²) in [5, 5.41) is 12.6. The molecule has 0 saturated heterocycles. The lowest BCUT2D eigenvalue weighted by molar-refractivity contribution is -0.120. The first-order valence-electron chi connectivity index (χ1n) is 5.78. The summed E-state index contributed by atoms with van der Waals surface area (Å²) in [6.07, 6.45) is 3.51. The molecule has 0 aromatic heterocycles. The van der Waals surface area contributed by atoms with Crippen molar-refractivity contribution in [2.45, 2.75) is 37.8 Å². The van der Waals surface area contributed by atoms with Gasteiger partial charge in [0.25, 0.3) is 0 Å². The van der Waals surface area contributed by atoms with E-state index in [0.29, 0.717) is 12.4 Å². The monoisotopic (exact) mass is 247 g/mol. The summed E-state index contributed by atoms with van der Waals surface area (Å²) in [5.74, 6) is 1.30. The van der Waals surface area contributed by atoms with Gasteiger partial charge in [-0.1, -0.05) is 12.8 Å². The second-order valence-electron chi connectivity index (χ2n) is 4.07. The Morgan fingerprint density at radius 2 is 2.25 bits per heavy atom. The zero-order valence-electron chi connectivity index (χ0n) is 9.78. The topological polar surface area (TPSA) is 58.6 Å². The van der Waals surface area contributed by atoms with Gasteiger partial charge in [-0.3, -0.25) is 4.79 Å². The van der Waals surface area contributed by atoms with E-state index in [4.69, 9.17) is 4.74 Å². The molecule has 1 saturated carbocycles. The second-order valence-corrected chi connectivity index (χ2v) is 5.18. The van der Waals surface area contributed by atoms with E-state index < -0.39 is 0 Å². The molecule has 2 atom stereocenters. The zero-order chi connectivity index (χ0) is 11.8. The molecule has 0 radical (unpaired) electrons. The molecule has 0 aliphatic heterocycles. The van der Waals surface area contributed by atoms with E-state index in [0.717, 1.165) is 31.4 Å². The molecule has 0 aromatic carbocycles. The summed E-state index contributed by atoms with van der Waals surface area (Å²) in [6.45, 7) is 0.671. The van der Waals surface area contributed by atoms with Gasteiger partial charge in [0.1, 0.15) is 0 Å². The van der Waals surface area contributed by atoms with E-state index >= 15 is 0 Å². The van der Waals surface area contributed by atoms with Crippen molar-refractivity contribution >= 4 is 17.7 Å². The largest absolute Gasteiger partial charge is 0.391 e. The van der Waals surface area contributed by atoms with Crippen LogP contribution in [0.5, 0.6) is 0 Å². The average molecular weight is 247 g/mol. The lowest BCUT2D eigenvalue weighted by Gasteiger charge is -2.28. The van der Waals surface area contributed by atoms with Gasteiger partial charge in [-0.05, 0) is 12.8 Å². The molecule has 2 N–H and O–H groups in total. The molecule has 4 nitrogen and oxygen atoms in total. The van der Waals surface area contributed by atoms with Crippen molar-refractivity contribution in [2.75, 3.05) is 25.2 Å². The first-order chi connectivity index (χ1) is 7.74. The van der Waals surface area contributed by atoms with Crippen LogP contribution < -0.4 is 5.32 Å². The minimum atomic E-state index is -0.360. The van der Waals surface area contributed by atoms with E-state index in [9.17, 15) is 9.90 Å². The van der Waals surface area contributed by atoms with E-state index in [1.807, 2.05) is 0 Å². The highest BCUT2D eigenvalue weighted by molar-refractivity contribution is 7.99. The number of hydrogen-bond acceptors (Lipinski definition) is 4. The first kappa shape index (κ1) is 13.8. The number of aliphatic hydroxyl groups excluding tert-OH is 1. The fraction of sp³-hybridized carbons (Fsp3) is 0.909. The Kier molecular flexibility index (Phi) is 6.84. The third-order valence-corrected chi connectivity index (χ3v) is 3.66. The molecule has 0 heterocycles. The Morgan fingerprint density at radius 3 is 2.94 bits per heavy atom. The predicted octanol–water partition coefficient (Wildman–Crippen LogP) is 0.786. The van der Waals surface area contributed by atoms with Crippen LogP contribution in [0.15, 0.2) is 0 Å². The summed E-state index contributed by atoms with van der Waals surface area (Å²) in [7, 11) is 1.65. The second kappa shape index (κ2) is 7.92. The van der Waals surface area contributed by atoms with Gasteiger partial charge in [0.15, 0.2) is 0 Å². The van der Waals surface area contributed by atoms with Crippen LogP contribution in [0.25, 0.3) is 0 Å². The molecule has 1 aliphatic carbocycles. The number of aliphatic hydroxyl groups is 1. The lowest BCUT2D eigenvalue weighted by atomic mass is 9.93. The number of thioether (sulfide) groups is 1. The lowest BCUT2D eigenvalue weighted by Crippen LogP contribution is -2.45. The van der Waals surface area contributed by atoms with Crippen LogP contribution >= 0.6 is 11.8 Å². The minimum Gasteiger partial charge on any atom is -0.391 e. The summed E-state index contributed by atoms with van der Waals surface area (Å²) in [6, 6.07) is -0.0377. The van der Waals surface area contributed by atoms with Crippen LogP contribution in [0, 0.1) is 0 Å². The molecule has 0 bridgehead atoms. The van der Waals surface area contributed by atoms with Crippen molar-refractivity contribution < 1.29 is 14.6 Å². The fourth-order valence-electron chi connectivity index (χ4n) is 1.84. The highest BCUT2D eigenvalue weighted by Crippen LogP contribution is 2.18. The molecule has 94 valence electrons. The number of hydrogen-bond donors (Lipinski definition) is 2. The van der Waals surface area contributed by atoms with E-state index in [1.54, 1.807) is 18.9 Å². The van der Waals surface area contributed by atoms with Gasteiger partial charge in [-0.25, -0.2) is 0 Å². The molecule has 1 amide bonds. The van der Waals surface area contributed by atoms with E-state index in [1.165, 1.54) is 0 Å². The number of methoxy groups -OCH3 is 1. The van der Waals surface area contributed by atoms with Gasteiger partial charge in [0, 0.05) is 12.9 Å². The van der Waals surface area contributed by atoms with Gasteiger partial charge >= 0.3 is 0 Å². The molecule has 0 spiro atoms. The number of amides is 1. The van der Waals surface area contributed by atoms with Gasteiger partial charge in [0.05, 0.1) is 24.5 Å². The zero-order valence-corrected chi connectivity index (χ0v) is 10.6. The van der Waals surface area contributed by atoms with Gasteiger partial charge in [-0.15, -0.1) is 11.8 Å². The summed E-state index contributed by atoms with van der Waals surface area (Å²) < 4.78 is 4.90. The van der Waals surface area contributed by atoms with Crippen molar-refractivity contribution in [3.63, 3.8) is 0 Å². The normalized spacial score (nSPS) is 25.4. The molecule has 1 fully saturated rings. The fourth-order valence-corrected chi connectivity index (χ4v) is 2.53. The van der Waals surface area contributed by atoms with Crippen LogP contribution in [-0.4, -0.2) is 48.4 Å². The molecule has 5 heteroatoms. The van der Waals surface area contributed by atoms with Crippen molar-refractivity contribution in [2.24, 2.45) is 0 Å². The molecule has 0 unspecified atom stereocenters. The minimum absolute atomic E-state index is 0.0204. The Hall–Kier alpha value is -0.260. The summed E-state index contributed by atoms with van der Waals surface area (Å²) >= 11 is 1.56. The van der Waals surface area contributed by atoms with Crippen molar-refractivity contribution in [3.05, 3.63) is 0 Å². The average Bonchev–Trinajstić information content (AvgIpc) is 2.28. The molecular formula is C11H21NO3S. The molecule has 0 aromatic rings. The van der Waals surface area contributed by atoms with Crippen LogP contribution in [0.2, 0.25) is 0 Å². The molecule has 16 heavy (non-hydrogen) atoms. The van der Waals surface area contributed by atoms with Gasteiger partial charge in [0.2, 0.25) is 5.91 Å². The maximum atomic E-state index is 11.5. The predicted molar refractivity (Wildman–Crippen MR) is 65.6 cm³/mol. The quantitative estimate of drug-likeness (QED) is 0.681. The van der Waals surface area contributed by atoms with Crippen molar-refractivity contribution in [1.29, 1.82) is 0 Å². The van der Waals surface area contributed by atoms with Gasteiger partial charge < -0.3 is 15.2 Å². The number of nitrogens with one attached hydrogen (secondary N) is 1. The molecule has 1 rings (SSSR count). The Bertz CT molecular complexity index is 213. The van der Waals surface area contributed by atoms with Crippen molar-refractivity contribution in [1.82, 2.24) is 5.32 Å². The Balaban J connectivity index is 2.12.